The van der Waals surface area contributed by atoms with Crippen molar-refractivity contribution in [3.63, 3.8) is 0 Å². The molecule has 1 aromatic heterocycles. The Balaban J connectivity index is 0.000000218. The number of phenols is 2. The van der Waals surface area contributed by atoms with Crippen molar-refractivity contribution in [1.82, 2.24) is 0 Å². The third-order valence-corrected chi connectivity index (χ3v) is 8.99. The number of fused-ring (bicyclic) bond motifs is 3. The Morgan fingerprint density at radius 1 is 0.980 bits per heavy atom. The van der Waals surface area contributed by atoms with E-state index in [4.69, 9.17) is 23.4 Å². The highest BCUT2D eigenvalue weighted by atomic mass is 16.5. The van der Waals surface area contributed by atoms with Crippen LogP contribution in [0, 0.1) is 6.92 Å². The minimum atomic E-state index is -0.758. The standard InChI is InChI=1S/C25H28O6.C16H18O4/c1-24(2)9-8-16-20(30-24)7-6-14(23(16)29-5)11-18(26)17-10-15-12-22(28)25(3,4)31-21(15)13-19(17)27;1-9(2)5-6-11-14(19-4)8-13(18)15-12(17)7-10(3)20-16(11)15/h6-10,13,22,27-28H,11-12H2,1-5H3;5,7-8,18H,6H2,1-4H3. The molecule has 3 aromatic carbocycles. The van der Waals surface area contributed by atoms with Crippen molar-refractivity contribution in [3.8, 4) is 34.5 Å². The van der Waals surface area contributed by atoms with Gasteiger partial charge in [0.15, 0.2) is 11.2 Å². The van der Waals surface area contributed by atoms with Crippen LogP contribution in [0.25, 0.3) is 17.0 Å². The van der Waals surface area contributed by atoms with Gasteiger partial charge >= 0.3 is 0 Å². The van der Waals surface area contributed by atoms with Crippen LogP contribution in [0.15, 0.2) is 63.3 Å². The van der Waals surface area contributed by atoms with Crippen LogP contribution in [-0.2, 0) is 19.3 Å². The molecule has 0 saturated carbocycles. The molecule has 2 aliphatic rings. The number of carbonyl (C=O) groups excluding carboxylic acids is 1. The normalized spacial score (nSPS) is 16.4. The van der Waals surface area contributed by atoms with E-state index < -0.39 is 17.3 Å². The third-order valence-electron chi connectivity index (χ3n) is 8.99. The number of aliphatic hydroxyl groups is 1. The molecule has 0 radical (unpaired) electrons. The highest BCUT2D eigenvalue weighted by Crippen LogP contribution is 2.41. The Labute approximate surface area is 297 Å². The van der Waals surface area contributed by atoms with Gasteiger partial charge in [-0.25, -0.2) is 0 Å². The van der Waals surface area contributed by atoms with Crippen LogP contribution >= 0.6 is 0 Å². The van der Waals surface area contributed by atoms with Gasteiger partial charge in [0, 0.05) is 42.2 Å². The number of aryl methyl sites for hydroxylation is 1. The smallest absolute Gasteiger partial charge is 0.196 e. The first kappa shape index (κ1) is 37.0. The first-order chi connectivity index (χ1) is 23.9. The van der Waals surface area contributed by atoms with Gasteiger partial charge in [0.1, 0.15) is 62.4 Å². The highest BCUT2D eigenvalue weighted by molar-refractivity contribution is 6.01. The summed E-state index contributed by atoms with van der Waals surface area (Å²) in [6, 6.07) is 9.56. The predicted molar refractivity (Wildman–Crippen MR) is 196 cm³/mol. The maximum Gasteiger partial charge on any atom is 0.196 e. The van der Waals surface area contributed by atoms with Gasteiger partial charge in [-0.2, -0.15) is 0 Å². The second-order valence-corrected chi connectivity index (χ2v) is 14.2. The zero-order valence-electron chi connectivity index (χ0n) is 30.6. The molecule has 10 heteroatoms. The minimum absolute atomic E-state index is 0.0505. The van der Waals surface area contributed by atoms with Crippen molar-refractivity contribution in [3.05, 3.63) is 97.9 Å². The molecule has 0 fully saturated rings. The Hall–Kier alpha value is -5.22. The number of Topliss-reactive ketones (excluding diaryl/α,β-unsaturated/α-hetero) is 1. The minimum Gasteiger partial charge on any atom is -0.507 e. The molecule has 0 spiro atoms. The van der Waals surface area contributed by atoms with Crippen molar-refractivity contribution >= 4 is 22.8 Å². The summed E-state index contributed by atoms with van der Waals surface area (Å²) in [5.74, 6) is 2.28. The number of aromatic hydroxyl groups is 2. The van der Waals surface area contributed by atoms with Gasteiger partial charge in [-0.3, -0.25) is 9.59 Å². The quantitative estimate of drug-likeness (QED) is 0.132. The second kappa shape index (κ2) is 14.2. The number of rotatable bonds is 7. The van der Waals surface area contributed by atoms with Gasteiger partial charge in [-0.15, -0.1) is 0 Å². The van der Waals surface area contributed by atoms with Gasteiger partial charge in [-0.05, 0) is 84.7 Å². The second-order valence-electron chi connectivity index (χ2n) is 14.2. The van der Waals surface area contributed by atoms with Crippen LogP contribution in [0.4, 0.5) is 0 Å². The summed E-state index contributed by atoms with van der Waals surface area (Å²) in [6.45, 7) is 13.2. The summed E-state index contributed by atoms with van der Waals surface area (Å²) in [4.78, 5) is 25.1. The zero-order valence-corrected chi connectivity index (χ0v) is 30.6. The largest absolute Gasteiger partial charge is 0.507 e. The molecule has 270 valence electrons. The number of phenolic OH excluding ortho intramolecular Hbond substituents is 2. The summed E-state index contributed by atoms with van der Waals surface area (Å²) >= 11 is 0. The zero-order chi connectivity index (χ0) is 37.4. The monoisotopic (exact) mass is 698 g/mol. The average molecular weight is 699 g/mol. The van der Waals surface area contributed by atoms with Crippen LogP contribution in [0.3, 0.4) is 0 Å². The van der Waals surface area contributed by atoms with E-state index in [0.717, 1.165) is 16.7 Å². The SMILES string of the molecule is COc1c(CC(=O)c2cc3c(cc2O)OC(C)(C)C(O)C3)ccc2c1C=CC(C)(C)O2.COc1cc(O)c2c(=O)cc(C)oc2c1CC=C(C)C. The van der Waals surface area contributed by atoms with Gasteiger partial charge in [-0.1, -0.05) is 17.7 Å². The van der Waals surface area contributed by atoms with E-state index in [-0.39, 0.29) is 40.1 Å². The Morgan fingerprint density at radius 3 is 2.37 bits per heavy atom. The van der Waals surface area contributed by atoms with Gasteiger partial charge in [0.2, 0.25) is 0 Å². The van der Waals surface area contributed by atoms with Crippen molar-refractivity contribution < 1.29 is 43.5 Å². The number of allylic oxidation sites excluding steroid dienone is 2. The molecule has 0 saturated heterocycles. The van der Waals surface area contributed by atoms with E-state index in [1.165, 1.54) is 25.3 Å². The lowest BCUT2D eigenvalue weighted by Crippen LogP contribution is -2.46. The van der Waals surface area contributed by atoms with Crippen molar-refractivity contribution in [1.29, 1.82) is 0 Å². The van der Waals surface area contributed by atoms with E-state index in [9.17, 15) is 24.9 Å². The number of carbonyl (C=O) groups is 1. The van der Waals surface area contributed by atoms with Crippen LogP contribution in [0.5, 0.6) is 34.5 Å². The molecule has 3 heterocycles. The fourth-order valence-electron chi connectivity index (χ4n) is 6.16. The topological polar surface area (TPSA) is 145 Å². The number of hydrogen-bond donors (Lipinski definition) is 3. The van der Waals surface area contributed by atoms with Crippen LogP contribution in [0.1, 0.15) is 79.9 Å². The molecular formula is C41H46O10. The van der Waals surface area contributed by atoms with E-state index in [1.807, 2.05) is 58.1 Å². The number of benzene rings is 3. The van der Waals surface area contributed by atoms with Gasteiger partial charge < -0.3 is 38.7 Å². The molecular weight excluding hydrogens is 652 g/mol. The summed E-state index contributed by atoms with van der Waals surface area (Å²) < 4.78 is 28.4. The maximum atomic E-state index is 13.1. The first-order valence-corrected chi connectivity index (χ1v) is 16.8. The molecule has 3 N–H and O–H groups in total. The number of ether oxygens (including phenoxy) is 4. The molecule has 4 aromatic rings. The fourth-order valence-corrected chi connectivity index (χ4v) is 6.16. The summed E-state index contributed by atoms with van der Waals surface area (Å²) in [6.07, 6.45) is 6.20. The summed E-state index contributed by atoms with van der Waals surface area (Å²) in [7, 11) is 3.09. The molecule has 0 amide bonds. The maximum absolute atomic E-state index is 13.1. The summed E-state index contributed by atoms with van der Waals surface area (Å²) in [5, 5.41) is 31.0. The van der Waals surface area contributed by atoms with Crippen molar-refractivity contribution in [2.75, 3.05) is 14.2 Å². The first-order valence-electron chi connectivity index (χ1n) is 16.8. The van der Waals surface area contributed by atoms with E-state index in [1.54, 1.807) is 33.9 Å². The molecule has 1 unspecified atom stereocenters. The van der Waals surface area contributed by atoms with Crippen LogP contribution in [-0.4, -0.2) is 52.6 Å². The lowest BCUT2D eigenvalue weighted by Gasteiger charge is -2.37. The molecule has 1 atom stereocenters. The van der Waals surface area contributed by atoms with Gasteiger partial charge in [0.05, 0.1) is 31.5 Å². The molecule has 10 nitrogen and oxygen atoms in total. The molecule has 0 aliphatic carbocycles. The van der Waals surface area contributed by atoms with Crippen molar-refractivity contribution in [2.45, 2.75) is 85.0 Å². The lowest BCUT2D eigenvalue weighted by atomic mass is 9.89. The third kappa shape index (κ3) is 7.76. The van der Waals surface area contributed by atoms with Gasteiger partial charge in [0.25, 0.3) is 0 Å². The average Bonchev–Trinajstić information content (AvgIpc) is 3.04. The number of ketones is 1. The fraction of sp³-hybridized carbons (Fsp3) is 0.366. The number of methoxy groups -OCH3 is 2. The molecule has 6 rings (SSSR count). The van der Waals surface area contributed by atoms with E-state index >= 15 is 0 Å². The number of hydrogen-bond acceptors (Lipinski definition) is 10. The number of aliphatic hydroxyl groups excluding tert-OH is 1. The van der Waals surface area contributed by atoms with Crippen LogP contribution < -0.4 is 24.4 Å². The Bertz CT molecular complexity index is 2110. The van der Waals surface area contributed by atoms with Crippen LogP contribution in [0.2, 0.25) is 0 Å². The molecule has 0 bridgehead atoms. The lowest BCUT2D eigenvalue weighted by molar-refractivity contribution is -0.0412. The van der Waals surface area contributed by atoms with E-state index in [0.29, 0.717) is 58.3 Å². The molecule has 51 heavy (non-hydrogen) atoms. The Morgan fingerprint density at radius 2 is 1.71 bits per heavy atom. The predicted octanol–water partition coefficient (Wildman–Crippen LogP) is 7.41. The Kier molecular flexibility index (Phi) is 10.3. The van der Waals surface area contributed by atoms with Crippen molar-refractivity contribution in [2.24, 2.45) is 0 Å². The van der Waals surface area contributed by atoms with E-state index in [2.05, 4.69) is 0 Å². The molecule has 2 aliphatic heterocycles. The summed E-state index contributed by atoms with van der Waals surface area (Å²) in [5.41, 5.74) is 3.29. The highest BCUT2D eigenvalue weighted by Gasteiger charge is 2.36.